The molecule has 0 spiro atoms. The Hall–Kier alpha value is -0.900. The fraction of sp³-hybridized carbons (Fsp3) is 0.417. The van der Waals surface area contributed by atoms with Gasteiger partial charge in [0.05, 0.1) is 10.9 Å². The van der Waals surface area contributed by atoms with E-state index in [4.69, 9.17) is 5.11 Å². The van der Waals surface area contributed by atoms with E-state index in [0.717, 1.165) is 11.1 Å². The summed E-state index contributed by atoms with van der Waals surface area (Å²) in [7, 11) is 0. The first-order chi connectivity index (χ1) is 7.25. The molecular formula is C12H14BrFO2. The summed E-state index contributed by atoms with van der Waals surface area (Å²) in [6.07, 6.45) is -0.0319. The summed E-state index contributed by atoms with van der Waals surface area (Å²) in [5.74, 6) is -1.25. The van der Waals surface area contributed by atoms with Crippen LogP contribution in [-0.4, -0.2) is 11.1 Å². The summed E-state index contributed by atoms with van der Waals surface area (Å²) in [5.41, 5.74) is 1.01. The average Bonchev–Trinajstić information content (AvgIpc) is 2.09. The van der Waals surface area contributed by atoms with Gasteiger partial charge in [0.2, 0.25) is 0 Å². The first kappa shape index (κ1) is 13.2. The quantitative estimate of drug-likeness (QED) is 0.922. The molecule has 0 unspecified atom stereocenters. The molecular weight excluding hydrogens is 275 g/mol. The van der Waals surface area contributed by atoms with Gasteiger partial charge < -0.3 is 5.11 Å². The maximum Gasteiger partial charge on any atom is 0.304 e. The number of carboxylic acids is 1. The van der Waals surface area contributed by atoms with Crippen molar-refractivity contribution in [2.75, 3.05) is 0 Å². The van der Waals surface area contributed by atoms with Crippen molar-refractivity contribution in [1.82, 2.24) is 0 Å². The van der Waals surface area contributed by atoms with Gasteiger partial charge in [0.25, 0.3) is 0 Å². The fourth-order valence-electron chi connectivity index (χ4n) is 1.94. The lowest BCUT2D eigenvalue weighted by Crippen LogP contribution is -2.23. The Morgan fingerprint density at radius 1 is 1.50 bits per heavy atom. The van der Waals surface area contributed by atoms with Crippen LogP contribution in [0, 0.1) is 12.7 Å². The number of hydrogen-bond acceptors (Lipinski definition) is 1. The molecule has 0 aliphatic heterocycles. The third-order valence-electron chi connectivity index (χ3n) is 2.57. The molecule has 0 saturated carbocycles. The Labute approximate surface area is 103 Å². The standard InChI is InChI=1S/C12H14BrFO2/c1-7-4-5-8(14)11(13)10(7)12(2,3)6-9(15)16/h4-5H,6H2,1-3H3,(H,15,16). The number of aryl methyl sites for hydroxylation is 1. The number of hydrogen-bond donors (Lipinski definition) is 1. The van der Waals surface area contributed by atoms with Gasteiger partial charge in [0.1, 0.15) is 5.82 Å². The molecule has 1 aromatic rings. The highest BCUT2D eigenvalue weighted by Gasteiger charge is 2.29. The first-order valence-corrected chi connectivity index (χ1v) is 5.72. The van der Waals surface area contributed by atoms with Crippen LogP contribution in [-0.2, 0) is 10.2 Å². The van der Waals surface area contributed by atoms with Crippen molar-refractivity contribution in [3.63, 3.8) is 0 Å². The fourth-order valence-corrected chi connectivity index (χ4v) is 2.93. The summed E-state index contributed by atoms with van der Waals surface area (Å²) in [6.45, 7) is 5.45. The molecule has 16 heavy (non-hydrogen) atoms. The predicted molar refractivity (Wildman–Crippen MR) is 64.1 cm³/mol. The van der Waals surface area contributed by atoms with E-state index in [9.17, 15) is 9.18 Å². The van der Waals surface area contributed by atoms with E-state index in [1.807, 2.05) is 6.92 Å². The summed E-state index contributed by atoms with van der Waals surface area (Å²) in [5, 5.41) is 8.85. The number of carboxylic acid groups (broad SMARTS) is 1. The monoisotopic (exact) mass is 288 g/mol. The van der Waals surface area contributed by atoms with Crippen LogP contribution in [0.2, 0.25) is 0 Å². The van der Waals surface area contributed by atoms with Crippen molar-refractivity contribution in [3.05, 3.63) is 33.5 Å². The van der Waals surface area contributed by atoms with Crippen molar-refractivity contribution in [2.24, 2.45) is 0 Å². The molecule has 88 valence electrons. The number of benzene rings is 1. The molecule has 0 heterocycles. The number of carbonyl (C=O) groups is 1. The zero-order valence-electron chi connectivity index (χ0n) is 9.47. The van der Waals surface area contributed by atoms with Gasteiger partial charge in [-0.15, -0.1) is 0 Å². The van der Waals surface area contributed by atoms with E-state index in [2.05, 4.69) is 15.9 Å². The molecule has 0 radical (unpaired) electrons. The summed E-state index contributed by atoms with van der Waals surface area (Å²) in [6, 6.07) is 3.04. The molecule has 0 aliphatic rings. The number of halogens is 2. The second kappa shape index (κ2) is 4.53. The second-order valence-electron chi connectivity index (χ2n) is 4.51. The predicted octanol–water partition coefficient (Wildman–Crippen LogP) is 3.65. The van der Waals surface area contributed by atoms with Gasteiger partial charge in [-0.05, 0) is 40.0 Å². The lowest BCUT2D eigenvalue weighted by atomic mass is 9.79. The van der Waals surface area contributed by atoms with E-state index in [1.54, 1.807) is 19.9 Å². The van der Waals surface area contributed by atoms with Gasteiger partial charge >= 0.3 is 5.97 Å². The second-order valence-corrected chi connectivity index (χ2v) is 5.30. The van der Waals surface area contributed by atoms with Gasteiger partial charge in [-0.3, -0.25) is 4.79 Å². The van der Waals surface area contributed by atoms with Gasteiger partial charge in [-0.2, -0.15) is 0 Å². The van der Waals surface area contributed by atoms with Gasteiger partial charge in [0.15, 0.2) is 0 Å². The van der Waals surface area contributed by atoms with Crippen LogP contribution in [0.15, 0.2) is 16.6 Å². The third-order valence-corrected chi connectivity index (χ3v) is 3.35. The Morgan fingerprint density at radius 3 is 2.56 bits per heavy atom. The molecule has 0 amide bonds. The normalized spacial score (nSPS) is 11.6. The lowest BCUT2D eigenvalue weighted by Gasteiger charge is -2.26. The first-order valence-electron chi connectivity index (χ1n) is 4.92. The highest BCUT2D eigenvalue weighted by Crippen LogP contribution is 2.36. The highest BCUT2D eigenvalue weighted by molar-refractivity contribution is 9.10. The van der Waals surface area contributed by atoms with Crippen molar-refractivity contribution in [2.45, 2.75) is 32.6 Å². The zero-order valence-corrected chi connectivity index (χ0v) is 11.1. The Kier molecular flexibility index (Phi) is 3.73. The van der Waals surface area contributed by atoms with Crippen molar-refractivity contribution in [3.8, 4) is 0 Å². The molecule has 1 aromatic carbocycles. The van der Waals surface area contributed by atoms with E-state index in [0.29, 0.717) is 4.47 Å². The molecule has 0 bridgehead atoms. The van der Waals surface area contributed by atoms with E-state index in [-0.39, 0.29) is 12.2 Å². The van der Waals surface area contributed by atoms with E-state index in [1.165, 1.54) is 6.07 Å². The maximum absolute atomic E-state index is 13.4. The van der Waals surface area contributed by atoms with Crippen LogP contribution in [0.5, 0.6) is 0 Å². The molecule has 1 N–H and O–H groups in total. The maximum atomic E-state index is 13.4. The summed E-state index contributed by atoms with van der Waals surface area (Å²) >= 11 is 3.19. The smallest absolute Gasteiger partial charge is 0.304 e. The molecule has 4 heteroatoms. The summed E-state index contributed by atoms with van der Waals surface area (Å²) < 4.78 is 13.8. The van der Waals surface area contributed by atoms with Crippen LogP contribution >= 0.6 is 15.9 Å². The van der Waals surface area contributed by atoms with Crippen molar-refractivity contribution >= 4 is 21.9 Å². The largest absolute Gasteiger partial charge is 0.481 e. The van der Waals surface area contributed by atoms with Crippen LogP contribution in [0.4, 0.5) is 4.39 Å². The van der Waals surface area contributed by atoms with Gasteiger partial charge in [-0.25, -0.2) is 4.39 Å². The van der Waals surface area contributed by atoms with Gasteiger partial charge in [0, 0.05) is 5.41 Å². The molecule has 1 rings (SSSR count). The Morgan fingerprint density at radius 2 is 2.06 bits per heavy atom. The average molecular weight is 289 g/mol. The zero-order chi connectivity index (χ0) is 12.5. The molecule has 0 saturated heterocycles. The molecule has 0 fully saturated rings. The lowest BCUT2D eigenvalue weighted by molar-refractivity contribution is -0.138. The minimum Gasteiger partial charge on any atom is -0.481 e. The minimum absolute atomic E-state index is 0.0319. The van der Waals surface area contributed by atoms with Crippen LogP contribution in [0.1, 0.15) is 31.4 Å². The number of rotatable bonds is 3. The number of aliphatic carboxylic acids is 1. The summed E-state index contributed by atoms with van der Waals surface area (Å²) in [4.78, 5) is 10.8. The minimum atomic E-state index is -0.888. The Bertz CT molecular complexity index is 427. The molecule has 2 nitrogen and oxygen atoms in total. The van der Waals surface area contributed by atoms with Crippen molar-refractivity contribution in [1.29, 1.82) is 0 Å². The van der Waals surface area contributed by atoms with E-state index < -0.39 is 11.4 Å². The molecule has 0 atom stereocenters. The van der Waals surface area contributed by atoms with E-state index >= 15 is 0 Å². The third kappa shape index (κ3) is 2.61. The topological polar surface area (TPSA) is 37.3 Å². The Balaban J connectivity index is 3.31. The van der Waals surface area contributed by atoms with Crippen LogP contribution in [0.3, 0.4) is 0 Å². The molecule has 0 aromatic heterocycles. The van der Waals surface area contributed by atoms with Crippen LogP contribution in [0.25, 0.3) is 0 Å². The van der Waals surface area contributed by atoms with Crippen LogP contribution < -0.4 is 0 Å². The molecule has 0 aliphatic carbocycles. The van der Waals surface area contributed by atoms with Crippen molar-refractivity contribution < 1.29 is 14.3 Å². The van der Waals surface area contributed by atoms with Gasteiger partial charge in [-0.1, -0.05) is 19.9 Å². The highest BCUT2D eigenvalue weighted by atomic mass is 79.9. The SMILES string of the molecule is Cc1ccc(F)c(Br)c1C(C)(C)CC(=O)O.